The van der Waals surface area contributed by atoms with Gasteiger partial charge in [0.1, 0.15) is 18.1 Å². The van der Waals surface area contributed by atoms with E-state index < -0.39 is 5.97 Å². The van der Waals surface area contributed by atoms with Gasteiger partial charge in [-0.2, -0.15) is 0 Å². The Balaban J connectivity index is 0.000000508. The summed E-state index contributed by atoms with van der Waals surface area (Å²) in [5.41, 5.74) is 5.82. The molecule has 1 saturated heterocycles. The normalized spacial score (nSPS) is 12.7. The van der Waals surface area contributed by atoms with Crippen molar-refractivity contribution in [2.24, 2.45) is 0 Å². The van der Waals surface area contributed by atoms with Crippen LogP contribution in [0.3, 0.4) is 0 Å². The summed E-state index contributed by atoms with van der Waals surface area (Å²) < 4.78 is 16.3. The van der Waals surface area contributed by atoms with Gasteiger partial charge < -0.3 is 19.3 Å². The third-order valence-electron chi connectivity index (χ3n) is 5.98. The summed E-state index contributed by atoms with van der Waals surface area (Å²) in [7, 11) is 0. The highest BCUT2D eigenvalue weighted by Crippen LogP contribution is 2.32. The second-order valence-corrected chi connectivity index (χ2v) is 8.84. The maximum Gasteiger partial charge on any atom is 0.341 e. The van der Waals surface area contributed by atoms with Gasteiger partial charge in [0.25, 0.3) is 0 Å². The molecule has 5 rings (SSSR count). The van der Waals surface area contributed by atoms with E-state index in [0.29, 0.717) is 23.6 Å². The molecule has 1 aliphatic heterocycles. The van der Waals surface area contributed by atoms with E-state index in [0.717, 1.165) is 43.0 Å². The van der Waals surface area contributed by atoms with Crippen LogP contribution in [0.2, 0.25) is 0 Å². The van der Waals surface area contributed by atoms with Crippen LogP contribution in [-0.4, -0.2) is 62.0 Å². The number of aliphatic carboxylic acids is 1. The second kappa shape index (κ2) is 13.8. The molecule has 6 heteroatoms. The first kappa shape index (κ1) is 27.4. The van der Waals surface area contributed by atoms with Gasteiger partial charge in [-0.25, -0.2) is 4.79 Å². The van der Waals surface area contributed by atoms with Gasteiger partial charge in [0.2, 0.25) is 0 Å². The number of fused-ring (bicyclic) bond motifs is 1. The molecule has 6 nitrogen and oxygen atoms in total. The molecule has 0 atom stereocenters. The quantitative estimate of drug-likeness (QED) is 0.385. The number of rotatable bonds is 6. The standard InChI is InChI=1S/C27H25NO5.C6H4/c1-3-25-22(9-5-13-28-14-17-31-18-15-28)7-4-8-23(25)10-6-16-32-24-11-12-26(21(2)19-24)33-20-27(29)30;1-2-5-4-6(5)3-1/h1,4,7-8,11-12,19H,13-18,20H2,2H3,(H,29,30);1-4H. The summed E-state index contributed by atoms with van der Waals surface area (Å²) in [6.07, 6.45) is 5.74. The van der Waals surface area contributed by atoms with Crippen molar-refractivity contribution in [2.75, 3.05) is 46.1 Å². The van der Waals surface area contributed by atoms with Gasteiger partial charge in [0.05, 0.1) is 25.3 Å². The molecule has 0 amide bonds. The Hall–Kier alpha value is -4.67. The SMILES string of the molecule is C#Cc1c(C#CCOc2ccc(OCC(=O)O)c(C)c2)cccc1C#CCN1CCOCC1.c1cc2cc-2c1. The van der Waals surface area contributed by atoms with Crippen LogP contribution in [0.15, 0.2) is 60.7 Å². The predicted octanol–water partition coefficient (Wildman–Crippen LogP) is 4.22. The molecule has 0 spiro atoms. The van der Waals surface area contributed by atoms with Crippen LogP contribution in [0, 0.1) is 42.9 Å². The average molecular weight is 520 g/mol. The van der Waals surface area contributed by atoms with Crippen molar-refractivity contribution >= 4 is 5.97 Å². The Labute approximate surface area is 229 Å². The predicted molar refractivity (Wildman–Crippen MR) is 151 cm³/mol. The van der Waals surface area contributed by atoms with E-state index in [2.05, 4.69) is 58.8 Å². The highest BCUT2D eigenvalue weighted by Gasteiger charge is 2.09. The summed E-state index contributed by atoms with van der Waals surface area (Å²) in [6.45, 7) is 5.54. The number of morpholine rings is 1. The van der Waals surface area contributed by atoms with Gasteiger partial charge in [-0.05, 0) is 60.0 Å². The van der Waals surface area contributed by atoms with Crippen LogP contribution in [0.25, 0.3) is 11.1 Å². The molecule has 0 unspecified atom stereocenters. The Morgan fingerprint density at radius 2 is 1.67 bits per heavy atom. The molecule has 2 aromatic carbocycles. The molecule has 0 bridgehead atoms. The average Bonchev–Trinajstić information content (AvgIpc) is 3.55. The van der Waals surface area contributed by atoms with Crippen molar-refractivity contribution < 1.29 is 24.1 Å². The Morgan fingerprint density at radius 3 is 2.26 bits per heavy atom. The zero-order chi connectivity index (χ0) is 27.5. The fraction of sp³-hybridized carbons (Fsp3) is 0.242. The Bertz CT molecular complexity index is 1470. The number of hydrogen-bond acceptors (Lipinski definition) is 5. The first-order chi connectivity index (χ1) is 19.0. The van der Waals surface area contributed by atoms with E-state index >= 15 is 0 Å². The van der Waals surface area contributed by atoms with Crippen molar-refractivity contribution in [2.45, 2.75) is 6.92 Å². The van der Waals surface area contributed by atoms with Gasteiger partial charge in [-0.15, -0.1) is 6.42 Å². The summed E-state index contributed by atoms with van der Waals surface area (Å²) >= 11 is 0. The van der Waals surface area contributed by atoms with Gasteiger partial charge in [0, 0.05) is 24.2 Å². The summed E-state index contributed by atoms with van der Waals surface area (Å²) in [5, 5.41) is 8.72. The lowest BCUT2D eigenvalue weighted by Gasteiger charge is -2.24. The molecule has 39 heavy (non-hydrogen) atoms. The fourth-order valence-electron chi connectivity index (χ4n) is 3.86. The zero-order valence-corrected chi connectivity index (χ0v) is 21.8. The molecule has 1 fully saturated rings. The molecular formula is C33H29NO5. The van der Waals surface area contributed by atoms with Crippen LogP contribution in [0.1, 0.15) is 22.3 Å². The number of terminal acetylenes is 1. The maximum atomic E-state index is 10.6. The van der Waals surface area contributed by atoms with E-state index in [4.69, 9.17) is 25.7 Å². The van der Waals surface area contributed by atoms with Gasteiger partial charge in [0.15, 0.2) is 6.61 Å². The second-order valence-electron chi connectivity index (χ2n) is 8.84. The van der Waals surface area contributed by atoms with Crippen molar-refractivity contribution in [1.82, 2.24) is 4.90 Å². The van der Waals surface area contributed by atoms with E-state index in [1.54, 1.807) is 18.2 Å². The van der Waals surface area contributed by atoms with Crippen LogP contribution in [-0.2, 0) is 9.53 Å². The van der Waals surface area contributed by atoms with Crippen molar-refractivity contribution in [1.29, 1.82) is 0 Å². The number of carboxylic acids is 1. The lowest BCUT2D eigenvalue weighted by molar-refractivity contribution is -0.139. The number of benzene rings is 3. The fourth-order valence-corrected chi connectivity index (χ4v) is 3.86. The van der Waals surface area contributed by atoms with E-state index in [-0.39, 0.29) is 13.2 Å². The summed E-state index contributed by atoms with van der Waals surface area (Å²) in [6, 6.07) is 19.3. The molecule has 2 aliphatic carbocycles. The summed E-state index contributed by atoms with van der Waals surface area (Å²) in [5.74, 6) is 15.2. The lowest BCUT2D eigenvalue weighted by atomic mass is 10.0. The molecular weight excluding hydrogens is 490 g/mol. The highest BCUT2D eigenvalue weighted by atomic mass is 16.5. The molecule has 0 radical (unpaired) electrons. The number of carboxylic acid groups (broad SMARTS) is 1. The molecule has 2 aromatic rings. The first-order valence-electron chi connectivity index (χ1n) is 12.6. The minimum absolute atomic E-state index is 0.172. The van der Waals surface area contributed by atoms with E-state index in [1.807, 2.05) is 25.1 Å². The van der Waals surface area contributed by atoms with E-state index in [1.165, 1.54) is 11.1 Å². The smallest absolute Gasteiger partial charge is 0.341 e. The van der Waals surface area contributed by atoms with Gasteiger partial charge in [-0.1, -0.05) is 53.9 Å². The molecule has 1 N–H and O–H groups in total. The molecule has 196 valence electrons. The largest absolute Gasteiger partial charge is 0.482 e. The van der Waals surface area contributed by atoms with Crippen molar-refractivity contribution in [3.05, 3.63) is 82.9 Å². The monoisotopic (exact) mass is 519 g/mol. The minimum Gasteiger partial charge on any atom is -0.482 e. The number of hydrogen-bond donors (Lipinski definition) is 1. The van der Waals surface area contributed by atoms with Gasteiger partial charge >= 0.3 is 5.97 Å². The molecule has 3 aliphatic rings. The number of aryl methyl sites for hydroxylation is 1. The molecule has 0 aromatic heterocycles. The Morgan fingerprint density at radius 1 is 0.974 bits per heavy atom. The lowest BCUT2D eigenvalue weighted by Crippen LogP contribution is -2.36. The summed E-state index contributed by atoms with van der Waals surface area (Å²) in [4.78, 5) is 12.9. The number of carbonyl (C=O) groups is 1. The van der Waals surface area contributed by atoms with Crippen LogP contribution in [0.4, 0.5) is 0 Å². The van der Waals surface area contributed by atoms with Crippen LogP contribution in [0.5, 0.6) is 11.5 Å². The molecule has 0 saturated carbocycles. The Kier molecular flexibility index (Phi) is 9.65. The maximum absolute atomic E-state index is 10.6. The zero-order valence-electron chi connectivity index (χ0n) is 21.8. The van der Waals surface area contributed by atoms with E-state index in [9.17, 15) is 4.79 Å². The highest BCUT2D eigenvalue weighted by molar-refractivity contribution is 5.80. The van der Waals surface area contributed by atoms with Crippen molar-refractivity contribution in [3.8, 4) is 58.7 Å². The van der Waals surface area contributed by atoms with Gasteiger partial charge in [-0.3, -0.25) is 4.90 Å². The topological polar surface area (TPSA) is 68.2 Å². The third kappa shape index (κ3) is 8.42. The molecule has 1 heterocycles. The van der Waals surface area contributed by atoms with Crippen LogP contribution >= 0.6 is 0 Å². The van der Waals surface area contributed by atoms with Crippen molar-refractivity contribution in [3.63, 3.8) is 0 Å². The number of nitrogens with zero attached hydrogens (tertiary/aromatic N) is 1. The third-order valence-corrected chi connectivity index (χ3v) is 5.98. The minimum atomic E-state index is -1.02. The first-order valence-corrected chi connectivity index (χ1v) is 12.6. The van der Waals surface area contributed by atoms with Crippen LogP contribution < -0.4 is 9.47 Å². The number of ether oxygens (including phenoxy) is 3.